The molecule has 0 fully saturated rings. The van der Waals surface area contributed by atoms with Crippen molar-refractivity contribution >= 4 is 17.6 Å². The van der Waals surface area contributed by atoms with E-state index in [1.807, 2.05) is 0 Å². The van der Waals surface area contributed by atoms with Crippen LogP contribution in [0.25, 0.3) is 0 Å². The molecule has 126 valence electrons. The van der Waals surface area contributed by atoms with Crippen LogP contribution in [0.15, 0.2) is 41.5 Å². The summed E-state index contributed by atoms with van der Waals surface area (Å²) < 4.78 is 37.7. The molecule has 0 heterocycles. The van der Waals surface area contributed by atoms with E-state index in [0.29, 0.717) is 0 Å². The molecule has 2 aromatic carbocycles. The summed E-state index contributed by atoms with van der Waals surface area (Å²) in [6, 6.07) is 5.89. The Morgan fingerprint density at radius 1 is 1.17 bits per heavy atom. The highest BCUT2D eigenvalue weighted by molar-refractivity contribution is 5.86. The van der Waals surface area contributed by atoms with Crippen molar-refractivity contribution in [3.05, 3.63) is 57.6 Å². The molecule has 0 spiro atoms. The standard InChI is InChI=1S/C14H10F3N3O4/c15-14(16,17)9-2-1-3-10(5-9)19-18-7-8-4-11(20(23)24)13(22)6-12(8)21/h1-7,19,21-22H. The first kappa shape index (κ1) is 17.1. The van der Waals surface area contributed by atoms with Crippen molar-refractivity contribution in [1.82, 2.24) is 0 Å². The van der Waals surface area contributed by atoms with Crippen LogP contribution in [-0.4, -0.2) is 21.4 Å². The fraction of sp³-hybridized carbons (Fsp3) is 0.0714. The van der Waals surface area contributed by atoms with Crippen LogP contribution in [0, 0.1) is 10.1 Å². The summed E-state index contributed by atoms with van der Waals surface area (Å²) in [5.74, 6) is -1.20. The lowest BCUT2D eigenvalue weighted by molar-refractivity contribution is -0.385. The molecular formula is C14H10F3N3O4. The van der Waals surface area contributed by atoms with Gasteiger partial charge in [-0.2, -0.15) is 18.3 Å². The van der Waals surface area contributed by atoms with Gasteiger partial charge in [-0.05, 0) is 18.2 Å². The SMILES string of the molecule is O=[N+]([O-])c1cc(C=NNc2cccc(C(F)(F)F)c2)c(O)cc1O. The topological polar surface area (TPSA) is 108 Å². The number of halogens is 3. The molecule has 0 unspecified atom stereocenters. The lowest BCUT2D eigenvalue weighted by atomic mass is 10.2. The van der Waals surface area contributed by atoms with Crippen molar-refractivity contribution in [2.75, 3.05) is 5.43 Å². The van der Waals surface area contributed by atoms with Gasteiger partial charge in [0.15, 0.2) is 5.75 Å². The predicted octanol–water partition coefficient (Wildman–Crippen LogP) is 3.47. The number of hydrogen-bond acceptors (Lipinski definition) is 6. The number of benzene rings is 2. The van der Waals surface area contributed by atoms with Crippen molar-refractivity contribution in [1.29, 1.82) is 0 Å². The van der Waals surface area contributed by atoms with Gasteiger partial charge in [-0.1, -0.05) is 6.07 Å². The number of phenols is 2. The molecule has 3 N–H and O–H groups in total. The minimum absolute atomic E-state index is 0.0360. The molecule has 0 aromatic heterocycles. The summed E-state index contributed by atoms with van der Waals surface area (Å²) in [5.41, 5.74) is 0.745. The summed E-state index contributed by atoms with van der Waals surface area (Å²) in [7, 11) is 0. The van der Waals surface area contributed by atoms with Gasteiger partial charge < -0.3 is 10.2 Å². The first-order valence-corrected chi connectivity index (χ1v) is 6.35. The average molecular weight is 341 g/mol. The van der Waals surface area contributed by atoms with E-state index in [1.54, 1.807) is 0 Å². The van der Waals surface area contributed by atoms with Gasteiger partial charge in [0.2, 0.25) is 0 Å². The largest absolute Gasteiger partial charge is 0.507 e. The number of rotatable bonds is 4. The van der Waals surface area contributed by atoms with Crippen LogP contribution in [-0.2, 0) is 6.18 Å². The number of nitro groups is 1. The second kappa shape index (κ2) is 6.44. The number of alkyl halides is 3. The number of nitrogens with one attached hydrogen (secondary N) is 1. The predicted molar refractivity (Wildman–Crippen MR) is 79.1 cm³/mol. The van der Waals surface area contributed by atoms with E-state index in [2.05, 4.69) is 10.5 Å². The molecule has 0 saturated carbocycles. The summed E-state index contributed by atoms with van der Waals surface area (Å²) in [4.78, 5) is 9.85. The molecule has 0 aliphatic heterocycles. The number of nitrogens with zero attached hydrogens (tertiary/aromatic N) is 2. The second-order valence-electron chi connectivity index (χ2n) is 4.61. The van der Waals surface area contributed by atoms with E-state index in [-0.39, 0.29) is 11.3 Å². The van der Waals surface area contributed by atoms with E-state index in [0.717, 1.165) is 30.5 Å². The molecule has 0 atom stereocenters. The van der Waals surface area contributed by atoms with E-state index in [1.165, 1.54) is 12.1 Å². The third-order valence-electron chi connectivity index (χ3n) is 2.91. The highest BCUT2D eigenvalue weighted by Crippen LogP contribution is 2.32. The minimum atomic E-state index is -4.50. The number of nitro benzene ring substituents is 1. The smallest absolute Gasteiger partial charge is 0.416 e. The molecule has 0 radical (unpaired) electrons. The van der Waals surface area contributed by atoms with E-state index >= 15 is 0 Å². The lowest BCUT2D eigenvalue weighted by Gasteiger charge is -2.08. The molecule has 0 amide bonds. The average Bonchev–Trinajstić information content (AvgIpc) is 2.48. The Labute approximate surface area is 132 Å². The van der Waals surface area contributed by atoms with Gasteiger partial charge in [0.05, 0.1) is 22.4 Å². The van der Waals surface area contributed by atoms with Gasteiger partial charge in [-0.15, -0.1) is 0 Å². The maximum atomic E-state index is 12.6. The number of hydrogen-bond donors (Lipinski definition) is 3. The van der Waals surface area contributed by atoms with Crippen LogP contribution in [0.1, 0.15) is 11.1 Å². The monoisotopic (exact) mass is 341 g/mol. The Hall–Kier alpha value is -3.30. The molecule has 0 aliphatic rings. The first-order chi connectivity index (χ1) is 11.2. The number of aromatic hydroxyl groups is 2. The Bertz CT molecular complexity index is 806. The van der Waals surface area contributed by atoms with Crippen LogP contribution < -0.4 is 5.43 Å². The molecule has 0 saturated heterocycles. The number of phenolic OH excluding ortho intramolecular Hbond substituents is 2. The molecule has 2 aromatic rings. The zero-order valence-corrected chi connectivity index (χ0v) is 11.8. The minimum Gasteiger partial charge on any atom is -0.507 e. The highest BCUT2D eigenvalue weighted by atomic mass is 19.4. The highest BCUT2D eigenvalue weighted by Gasteiger charge is 2.30. The zero-order valence-electron chi connectivity index (χ0n) is 11.8. The summed E-state index contributed by atoms with van der Waals surface area (Å²) in [6.07, 6.45) is -3.53. The lowest BCUT2D eigenvalue weighted by Crippen LogP contribution is -2.05. The Morgan fingerprint density at radius 2 is 1.88 bits per heavy atom. The van der Waals surface area contributed by atoms with Gasteiger partial charge in [-0.25, -0.2) is 0 Å². The van der Waals surface area contributed by atoms with Gasteiger partial charge in [0, 0.05) is 17.7 Å². The first-order valence-electron chi connectivity index (χ1n) is 6.35. The van der Waals surface area contributed by atoms with Crippen LogP contribution in [0.2, 0.25) is 0 Å². The van der Waals surface area contributed by atoms with Crippen molar-refractivity contribution in [2.45, 2.75) is 6.18 Å². The third-order valence-corrected chi connectivity index (χ3v) is 2.91. The van der Waals surface area contributed by atoms with Gasteiger partial charge in [-0.3, -0.25) is 15.5 Å². The fourth-order valence-electron chi connectivity index (χ4n) is 1.77. The molecular weight excluding hydrogens is 331 g/mol. The Kier molecular flexibility index (Phi) is 4.58. The summed E-state index contributed by atoms with van der Waals surface area (Å²) in [6.45, 7) is 0. The van der Waals surface area contributed by atoms with Crippen LogP contribution in [0.4, 0.5) is 24.5 Å². The number of hydrazone groups is 1. The van der Waals surface area contributed by atoms with Crippen molar-refractivity contribution in [3.63, 3.8) is 0 Å². The molecule has 7 nitrogen and oxygen atoms in total. The molecule has 2 rings (SSSR count). The normalized spacial score (nSPS) is 11.6. The Balaban J connectivity index is 2.21. The summed E-state index contributed by atoms with van der Waals surface area (Å²) >= 11 is 0. The number of anilines is 1. The van der Waals surface area contributed by atoms with Crippen LogP contribution in [0.5, 0.6) is 11.5 Å². The van der Waals surface area contributed by atoms with Crippen LogP contribution in [0.3, 0.4) is 0 Å². The van der Waals surface area contributed by atoms with Crippen molar-refractivity contribution in [2.24, 2.45) is 5.10 Å². The van der Waals surface area contributed by atoms with E-state index in [4.69, 9.17) is 0 Å². The molecule has 10 heteroatoms. The van der Waals surface area contributed by atoms with Gasteiger partial charge in [0.1, 0.15) is 5.75 Å². The maximum absolute atomic E-state index is 12.6. The van der Waals surface area contributed by atoms with Crippen LogP contribution >= 0.6 is 0 Å². The molecule has 24 heavy (non-hydrogen) atoms. The fourth-order valence-corrected chi connectivity index (χ4v) is 1.77. The van der Waals surface area contributed by atoms with Gasteiger partial charge >= 0.3 is 11.9 Å². The van der Waals surface area contributed by atoms with E-state index in [9.17, 15) is 33.5 Å². The van der Waals surface area contributed by atoms with Crippen molar-refractivity contribution in [3.8, 4) is 11.5 Å². The van der Waals surface area contributed by atoms with Gasteiger partial charge in [0.25, 0.3) is 0 Å². The summed E-state index contributed by atoms with van der Waals surface area (Å²) in [5, 5.41) is 33.3. The molecule has 0 aliphatic carbocycles. The molecule has 0 bridgehead atoms. The van der Waals surface area contributed by atoms with Crippen molar-refractivity contribution < 1.29 is 28.3 Å². The zero-order chi connectivity index (χ0) is 17.9. The third kappa shape index (κ3) is 3.91. The Morgan fingerprint density at radius 3 is 2.50 bits per heavy atom. The quantitative estimate of drug-likeness (QED) is 0.448. The van der Waals surface area contributed by atoms with E-state index < -0.39 is 33.8 Å². The maximum Gasteiger partial charge on any atom is 0.416 e. The second-order valence-corrected chi connectivity index (χ2v) is 4.61.